The largest absolute Gasteiger partial charge is 0.392 e. The minimum atomic E-state index is -0.0648. The summed E-state index contributed by atoms with van der Waals surface area (Å²) in [5.74, 6) is 0. The van der Waals surface area contributed by atoms with E-state index in [1.54, 1.807) is 0 Å². The monoisotopic (exact) mass is 158 g/mol. The number of nitrogens with one attached hydrogen (secondary N) is 2. The Morgan fingerprint density at radius 3 is 1.91 bits per heavy atom. The van der Waals surface area contributed by atoms with Gasteiger partial charge < -0.3 is 15.7 Å². The molecule has 11 heavy (non-hydrogen) atoms. The van der Waals surface area contributed by atoms with Crippen molar-refractivity contribution in [3.63, 3.8) is 0 Å². The first-order valence-corrected chi connectivity index (χ1v) is 4.49. The third-order valence-electron chi connectivity index (χ3n) is 1.99. The van der Waals surface area contributed by atoms with Gasteiger partial charge in [0.25, 0.3) is 0 Å². The van der Waals surface area contributed by atoms with Crippen LogP contribution in [0.4, 0.5) is 0 Å². The zero-order chi connectivity index (χ0) is 7.94. The molecule has 0 saturated carbocycles. The summed E-state index contributed by atoms with van der Waals surface area (Å²) in [4.78, 5) is 0. The highest BCUT2D eigenvalue weighted by atomic mass is 16.3. The van der Waals surface area contributed by atoms with Crippen LogP contribution in [0.3, 0.4) is 0 Å². The van der Waals surface area contributed by atoms with Crippen molar-refractivity contribution in [3.8, 4) is 0 Å². The molecule has 3 nitrogen and oxygen atoms in total. The van der Waals surface area contributed by atoms with E-state index in [0.717, 1.165) is 19.5 Å². The Hall–Kier alpha value is -0.120. The van der Waals surface area contributed by atoms with Gasteiger partial charge in [0, 0.05) is 6.54 Å². The van der Waals surface area contributed by atoms with Crippen LogP contribution in [-0.2, 0) is 0 Å². The van der Waals surface area contributed by atoms with Crippen LogP contribution < -0.4 is 10.6 Å². The highest BCUT2D eigenvalue weighted by molar-refractivity contribution is 4.67. The molecule has 66 valence electrons. The van der Waals surface area contributed by atoms with Crippen molar-refractivity contribution in [2.24, 2.45) is 0 Å². The van der Waals surface area contributed by atoms with Gasteiger partial charge in [0.05, 0.1) is 6.10 Å². The van der Waals surface area contributed by atoms with Gasteiger partial charge in [-0.25, -0.2) is 0 Å². The molecule has 0 unspecified atom stereocenters. The average Bonchev–Trinajstić information content (AvgIpc) is 2.57. The lowest BCUT2D eigenvalue weighted by atomic mass is 10.3. The maximum absolute atomic E-state index is 8.67. The van der Waals surface area contributed by atoms with Crippen molar-refractivity contribution in [1.82, 2.24) is 10.6 Å². The minimum absolute atomic E-state index is 0.0648. The topological polar surface area (TPSA) is 44.3 Å². The number of aliphatic hydroxyl groups excluding tert-OH is 1. The number of β-amino-alcohol motifs (C(OH)–C–C–N with tert-alkyl or cyclic N) is 1. The summed E-state index contributed by atoms with van der Waals surface area (Å²) in [7, 11) is 0. The van der Waals surface area contributed by atoms with Crippen LogP contribution in [0.1, 0.15) is 19.3 Å². The third-order valence-corrected chi connectivity index (χ3v) is 1.99. The Bertz CT molecular complexity index is 80.5. The molecule has 2 fully saturated rings. The summed E-state index contributed by atoms with van der Waals surface area (Å²) in [6, 6.07) is 0. The first-order valence-electron chi connectivity index (χ1n) is 4.49. The zero-order valence-corrected chi connectivity index (χ0v) is 6.97. The molecule has 0 aromatic rings. The van der Waals surface area contributed by atoms with Gasteiger partial charge in [-0.1, -0.05) is 0 Å². The maximum atomic E-state index is 8.67. The fourth-order valence-electron chi connectivity index (χ4n) is 1.26. The van der Waals surface area contributed by atoms with E-state index >= 15 is 0 Å². The summed E-state index contributed by atoms with van der Waals surface area (Å²) in [6.45, 7) is 4.28. The van der Waals surface area contributed by atoms with Crippen molar-refractivity contribution >= 4 is 0 Å². The highest BCUT2D eigenvalue weighted by Crippen LogP contribution is 1.93. The molecule has 0 aromatic carbocycles. The van der Waals surface area contributed by atoms with E-state index in [2.05, 4.69) is 10.6 Å². The van der Waals surface area contributed by atoms with Crippen molar-refractivity contribution in [2.45, 2.75) is 25.4 Å². The predicted octanol–water partition coefficient (Wildman–Crippen LogP) is -0.290. The molecule has 2 aliphatic rings. The molecule has 0 amide bonds. The quantitative estimate of drug-likeness (QED) is 0.454. The van der Waals surface area contributed by atoms with Gasteiger partial charge in [0.2, 0.25) is 0 Å². The van der Waals surface area contributed by atoms with Crippen LogP contribution >= 0.6 is 0 Å². The van der Waals surface area contributed by atoms with Crippen LogP contribution in [0.2, 0.25) is 0 Å². The van der Waals surface area contributed by atoms with Gasteiger partial charge in [0.1, 0.15) is 0 Å². The Morgan fingerprint density at radius 2 is 1.73 bits per heavy atom. The Balaban J connectivity index is 0.000000112. The van der Waals surface area contributed by atoms with Gasteiger partial charge in [-0.15, -0.1) is 0 Å². The second-order valence-corrected chi connectivity index (χ2v) is 3.10. The van der Waals surface area contributed by atoms with Crippen LogP contribution in [0.5, 0.6) is 0 Å². The molecule has 2 heterocycles. The van der Waals surface area contributed by atoms with Gasteiger partial charge in [-0.05, 0) is 38.9 Å². The molecule has 2 rings (SSSR count). The summed E-state index contributed by atoms with van der Waals surface area (Å²) >= 11 is 0. The molecule has 1 atom stereocenters. The second-order valence-electron chi connectivity index (χ2n) is 3.10. The number of hydrogen-bond acceptors (Lipinski definition) is 3. The standard InChI is InChI=1S/C4H9NO.C4H9N/c6-4-1-2-5-3-4;1-2-4-5-3-1/h4-6H,1-3H2;5H,1-4H2/t4-;/m1./s1. The van der Waals surface area contributed by atoms with Crippen LogP contribution in [0.25, 0.3) is 0 Å². The highest BCUT2D eigenvalue weighted by Gasteiger charge is 2.08. The smallest absolute Gasteiger partial charge is 0.0676 e. The average molecular weight is 158 g/mol. The lowest BCUT2D eigenvalue weighted by Gasteiger charge is -1.90. The molecule has 2 saturated heterocycles. The lowest BCUT2D eigenvalue weighted by Crippen LogP contribution is -2.11. The van der Waals surface area contributed by atoms with E-state index < -0.39 is 0 Å². The zero-order valence-electron chi connectivity index (χ0n) is 6.97. The molecule has 0 aliphatic carbocycles. The molecule has 3 heteroatoms. The molecular formula is C8H18N2O. The van der Waals surface area contributed by atoms with Crippen molar-refractivity contribution < 1.29 is 5.11 Å². The molecule has 0 bridgehead atoms. The number of aliphatic hydroxyl groups is 1. The molecule has 3 N–H and O–H groups in total. The van der Waals surface area contributed by atoms with Gasteiger partial charge in [-0.3, -0.25) is 0 Å². The van der Waals surface area contributed by atoms with E-state index in [-0.39, 0.29) is 6.10 Å². The van der Waals surface area contributed by atoms with E-state index in [4.69, 9.17) is 5.11 Å². The fraction of sp³-hybridized carbons (Fsp3) is 1.00. The van der Waals surface area contributed by atoms with Crippen LogP contribution in [0, 0.1) is 0 Å². The lowest BCUT2D eigenvalue weighted by molar-refractivity contribution is 0.196. The van der Waals surface area contributed by atoms with Gasteiger partial charge >= 0.3 is 0 Å². The Morgan fingerprint density at radius 1 is 1.00 bits per heavy atom. The first-order chi connectivity index (χ1) is 5.39. The normalized spacial score (nSPS) is 29.7. The van der Waals surface area contributed by atoms with Crippen molar-refractivity contribution in [3.05, 3.63) is 0 Å². The van der Waals surface area contributed by atoms with E-state index in [0.29, 0.717) is 0 Å². The van der Waals surface area contributed by atoms with E-state index in [1.165, 1.54) is 25.9 Å². The van der Waals surface area contributed by atoms with Crippen molar-refractivity contribution in [2.75, 3.05) is 26.2 Å². The van der Waals surface area contributed by atoms with Crippen LogP contribution in [-0.4, -0.2) is 37.4 Å². The SMILES string of the molecule is C1CCNC1.O[C@@H]1CCNC1. The summed E-state index contributed by atoms with van der Waals surface area (Å²) in [5, 5.41) is 14.9. The third kappa shape index (κ3) is 4.35. The minimum Gasteiger partial charge on any atom is -0.392 e. The molecule has 0 aromatic heterocycles. The summed E-state index contributed by atoms with van der Waals surface area (Å²) in [5.41, 5.74) is 0. The first kappa shape index (κ1) is 8.97. The Labute approximate surface area is 68.2 Å². The molecule has 0 radical (unpaired) electrons. The summed E-state index contributed by atoms with van der Waals surface area (Å²) < 4.78 is 0. The number of hydrogen-bond donors (Lipinski definition) is 3. The second kappa shape index (κ2) is 5.52. The van der Waals surface area contributed by atoms with E-state index in [1.807, 2.05) is 0 Å². The molecule has 0 spiro atoms. The van der Waals surface area contributed by atoms with Crippen LogP contribution in [0.15, 0.2) is 0 Å². The molecular weight excluding hydrogens is 140 g/mol. The van der Waals surface area contributed by atoms with Gasteiger partial charge in [-0.2, -0.15) is 0 Å². The maximum Gasteiger partial charge on any atom is 0.0676 e. The number of rotatable bonds is 0. The van der Waals surface area contributed by atoms with E-state index in [9.17, 15) is 0 Å². The fourth-order valence-corrected chi connectivity index (χ4v) is 1.26. The predicted molar refractivity (Wildman–Crippen MR) is 45.6 cm³/mol. The Kier molecular flexibility index (Phi) is 4.50. The molecule has 2 aliphatic heterocycles. The van der Waals surface area contributed by atoms with Gasteiger partial charge in [0.15, 0.2) is 0 Å². The summed E-state index contributed by atoms with van der Waals surface area (Å²) in [6.07, 6.45) is 3.64. The van der Waals surface area contributed by atoms with Crippen molar-refractivity contribution in [1.29, 1.82) is 0 Å².